The first-order valence-electron chi connectivity index (χ1n) is 4.88. The Balaban J connectivity index is 2.32. The van der Waals surface area contributed by atoms with Gasteiger partial charge in [-0.2, -0.15) is 0 Å². The van der Waals surface area contributed by atoms with Crippen LogP contribution in [0.3, 0.4) is 0 Å². The van der Waals surface area contributed by atoms with Gasteiger partial charge >= 0.3 is 0 Å². The Morgan fingerprint density at radius 1 is 1.00 bits per heavy atom. The van der Waals surface area contributed by atoms with Crippen LogP contribution in [-0.4, -0.2) is 6.54 Å². The Morgan fingerprint density at radius 3 is 2.57 bits per heavy atom. The molecule has 1 radical (unpaired) electrons. The molecule has 0 saturated carbocycles. The van der Waals surface area contributed by atoms with Crippen LogP contribution in [0, 0.1) is 6.92 Å². The van der Waals surface area contributed by atoms with E-state index < -0.39 is 0 Å². The molecule has 14 heavy (non-hydrogen) atoms. The fourth-order valence-corrected chi connectivity index (χ4v) is 1.58. The second kappa shape index (κ2) is 4.25. The van der Waals surface area contributed by atoms with Crippen LogP contribution in [0.5, 0.6) is 0 Å². The van der Waals surface area contributed by atoms with Crippen LogP contribution < -0.4 is 5.32 Å². The molecule has 0 aliphatic rings. The Bertz CT molecular complexity index is 420. The number of hydrogen-bond donors (Lipinski definition) is 1. The summed E-state index contributed by atoms with van der Waals surface area (Å²) >= 11 is 0. The molecular formula is C13H14N. The molecule has 0 saturated heterocycles. The fourth-order valence-electron chi connectivity index (χ4n) is 1.58. The van der Waals surface area contributed by atoms with Crippen molar-refractivity contribution in [3.05, 3.63) is 55.0 Å². The molecule has 0 unspecified atom stereocenters. The van der Waals surface area contributed by atoms with Gasteiger partial charge in [-0.25, -0.2) is 0 Å². The van der Waals surface area contributed by atoms with Crippen molar-refractivity contribution in [2.75, 3.05) is 6.54 Å². The van der Waals surface area contributed by atoms with Crippen molar-refractivity contribution < 1.29 is 0 Å². The Hall–Kier alpha value is -1.34. The molecule has 0 fully saturated rings. The highest BCUT2D eigenvalue weighted by Gasteiger charge is 1.94. The molecule has 0 aliphatic carbocycles. The zero-order valence-electron chi connectivity index (χ0n) is 8.16. The molecule has 0 amide bonds. The minimum Gasteiger partial charge on any atom is -0.313 e. The zero-order valence-corrected chi connectivity index (χ0v) is 8.16. The van der Waals surface area contributed by atoms with E-state index >= 15 is 0 Å². The quantitative estimate of drug-likeness (QED) is 0.773. The SMILES string of the molecule is [CH2]CNCc1ccc2ccccc2c1. The maximum Gasteiger partial charge on any atom is 0.0205 e. The summed E-state index contributed by atoms with van der Waals surface area (Å²) in [6.45, 7) is 5.42. The van der Waals surface area contributed by atoms with Crippen LogP contribution in [0.15, 0.2) is 42.5 Å². The van der Waals surface area contributed by atoms with Gasteiger partial charge in [0, 0.05) is 6.54 Å². The van der Waals surface area contributed by atoms with Gasteiger partial charge in [0.1, 0.15) is 0 Å². The maximum atomic E-state index is 3.75. The molecule has 2 aromatic carbocycles. The predicted molar refractivity (Wildman–Crippen MR) is 61.0 cm³/mol. The normalized spacial score (nSPS) is 10.6. The van der Waals surface area contributed by atoms with Crippen molar-refractivity contribution in [2.45, 2.75) is 6.54 Å². The Labute approximate surface area is 84.8 Å². The number of rotatable bonds is 3. The van der Waals surface area contributed by atoms with Crippen molar-refractivity contribution in [2.24, 2.45) is 0 Å². The highest BCUT2D eigenvalue weighted by atomic mass is 14.8. The fraction of sp³-hybridized carbons (Fsp3) is 0.154. The molecule has 1 N–H and O–H groups in total. The molecule has 0 aliphatic heterocycles. The van der Waals surface area contributed by atoms with E-state index in [0.717, 1.165) is 13.1 Å². The standard InChI is InChI=1S/C13H14N/c1-2-14-10-11-7-8-12-5-3-4-6-13(12)9-11/h3-9,14H,1-2,10H2. The van der Waals surface area contributed by atoms with Crippen LogP contribution in [0.25, 0.3) is 10.8 Å². The molecule has 2 rings (SSSR count). The first-order valence-corrected chi connectivity index (χ1v) is 4.88. The van der Waals surface area contributed by atoms with Gasteiger partial charge in [0.15, 0.2) is 0 Å². The van der Waals surface area contributed by atoms with Crippen LogP contribution in [0.1, 0.15) is 5.56 Å². The number of nitrogens with one attached hydrogen (secondary N) is 1. The van der Waals surface area contributed by atoms with Crippen LogP contribution in [-0.2, 0) is 6.54 Å². The topological polar surface area (TPSA) is 12.0 Å². The van der Waals surface area contributed by atoms with Crippen molar-refractivity contribution in [1.82, 2.24) is 5.32 Å². The van der Waals surface area contributed by atoms with E-state index in [1.54, 1.807) is 0 Å². The number of hydrogen-bond acceptors (Lipinski definition) is 1. The van der Waals surface area contributed by atoms with Gasteiger partial charge in [0.2, 0.25) is 0 Å². The lowest BCUT2D eigenvalue weighted by Gasteiger charge is -2.03. The van der Waals surface area contributed by atoms with E-state index in [0.29, 0.717) is 0 Å². The van der Waals surface area contributed by atoms with E-state index in [2.05, 4.69) is 54.7 Å². The molecule has 71 valence electrons. The summed E-state index contributed by atoms with van der Waals surface area (Å²) in [5, 5.41) is 5.82. The van der Waals surface area contributed by atoms with E-state index in [1.807, 2.05) is 0 Å². The lowest BCUT2D eigenvalue weighted by Crippen LogP contribution is -2.11. The maximum absolute atomic E-state index is 3.75. The lowest BCUT2D eigenvalue weighted by atomic mass is 10.1. The van der Waals surface area contributed by atoms with Gasteiger partial charge < -0.3 is 5.32 Å². The van der Waals surface area contributed by atoms with Crippen LogP contribution in [0.2, 0.25) is 0 Å². The van der Waals surface area contributed by atoms with Crippen molar-refractivity contribution in [3.8, 4) is 0 Å². The number of benzene rings is 2. The lowest BCUT2D eigenvalue weighted by molar-refractivity contribution is 0.759. The van der Waals surface area contributed by atoms with E-state index in [4.69, 9.17) is 0 Å². The average molecular weight is 184 g/mol. The summed E-state index contributed by atoms with van der Waals surface area (Å²) in [6, 6.07) is 15.0. The van der Waals surface area contributed by atoms with Crippen molar-refractivity contribution >= 4 is 10.8 Å². The van der Waals surface area contributed by atoms with Crippen LogP contribution >= 0.6 is 0 Å². The molecule has 0 heterocycles. The summed E-state index contributed by atoms with van der Waals surface area (Å²) < 4.78 is 0. The largest absolute Gasteiger partial charge is 0.313 e. The second-order valence-electron chi connectivity index (χ2n) is 3.36. The minimum atomic E-state index is 0.771. The molecule has 0 spiro atoms. The first kappa shape index (κ1) is 9.22. The van der Waals surface area contributed by atoms with Gasteiger partial charge in [-0.15, -0.1) is 0 Å². The van der Waals surface area contributed by atoms with E-state index in [9.17, 15) is 0 Å². The molecule has 1 heteroatoms. The summed E-state index contributed by atoms with van der Waals surface area (Å²) in [7, 11) is 0. The van der Waals surface area contributed by atoms with Crippen molar-refractivity contribution in [1.29, 1.82) is 0 Å². The Kier molecular flexibility index (Phi) is 2.80. The summed E-state index contributed by atoms with van der Waals surface area (Å²) in [6.07, 6.45) is 0. The zero-order chi connectivity index (χ0) is 9.80. The van der Waals surface area contributed by atoms with Gasteiger partial charge in [-0.3, -0.25) is 0 Å². The highest BCUT2D eigenvalue weighted by molar-refractivity contribution is 5.82. The average Bonchev–Trinajstić information content (AvgIpc) is 2.26. The molecule has 2 aromatic rings. The molecular weight excluding hydrogens is 170 g/mol. The predicted octanol–water partition coefficient (Wildman–Crippen LogP) is 2.76. The summed E-state index contributed by atoms with van der Waals surface area (Å²) in [4.78, 5) is 0. The molecule has 0 bridgehead atoms. The van der Waals surface area contributed by atoms with Gasteiger partial charge in [-0.05, 0) is 35.9 Å². The smallest absolute Gasteiger partial charge is 0.0205 e. The molecule has 1 nitrogen and oxygen atoms in total. The molecule has 0 atom stereocenters. The van der Waals surface area contributed by atoms with Gasteiger partial charge in [-0.1, -0.05) is 36.4 Å². The number of fused-ring (bicyclic) bond motifs is 1. The van der Waals surface area contributed by atoms with Crippen molar-refractivity contribution in [3.63, 3.8) is 0 Å². The van der Waals surface area contributed by atoms with Gasteiger partial charge in [0.25, 0.3) is 0 Å². The first-order chi connectivity index (χ1) is 6.90. The summed E-state index contributed by atoms with van der Waals surface area (Å²) in [5.41, 5.74) is 1.31. The van der Waals surface area contributed by atoms with E-state index in [-0.39, 0.29) is 0 Å². The van der Waals surface area contributed by atoms with E-state index in [1.165, 1.54) is 16.3 Å². The molecule has 0 aromatic heterocycles. The third-order valence-corrected chi connectivity index (χ3v) is 2.32. The third kappa shape index (κ3) is 1.94. The second-order valence-corrected chi connectivity index (χ2v) is 3.36. The minimum absolute atomic E-state index is 0.771. The van der Waals surface area contributed by atoms with Crippen LogP contribution in [0.4, 0.5) is 0 Å². The highest BCUT2D eigenvalue weighted by Crippen LogP contribution is 2.15. The third-order valence-electron chi connectivity index (χ3n) is 2.32. The monoisotopic (exact) mass is 184 g/mol. The Morgan fingerprint density at radius 2 is 1.79 bits per heavy atom. The van der Waals surface area contributed by atoms with Gasteiger partial charge in [0.05, 0.1) is 0 Å². The summed E-state index contributed by atoms with van der Waals surface area (Å²) in [5.74, 6) is 0.